The van der Waals surface area contributed by atoms with E-state index < -0.39 is 6.04 Å². The van der Waals surface area contributed by atoms with E-state index in [4.69, 9.17) is 16.6 Å². The molecule has 2 amide bonds. The first kappa shape index (κ1) is 30.2. The second kappa shape index (κ2) is 13.1. The number of nitrogens with one attached hydrogen (secondary N) is 1. The number of fused-ring (bicyclic) bond motifs is 2. The van der Waals surface area contributed by atoms with Crippen molar-refractivity contribution >= 4 is 39.3 Å². The first-order valence-electron chi connectivity index (χ1n) is 14.7. The SMILES string of the molecule is Cn1cncc1CCNC(=O)[C@H]1CN(C2c3ccc(Cl)cc3CCc3cc(Br)cnc32)CCN1C(=O)Cc1cc[n+](O)cc1. The molecule has 4 aromatic rings. The van der Waals surface area contributed by atoms with Gasteiger partial charge in [0.15, 0.2) is 0 Å². The maximum atomic E-state index is 13.9. The Morgan fingerprint density at radius 3 is 2.68 bits per heavy atom. The number of aryl methyl sites for hydroxylation is 3. The summed E-state index contributed by atoms with van der Waals surface area (Å²) in [7, 11) is 1.92. The number of carbonyl (C=O) groups excluding carboxylic acids is 2. The van der Waals surface area contributed by atoms with Gasteiger partial charge in [0.1, 0.15) is 6.04 Å². The van der Waals surface area contributed by atoms with Gasteiger partial charge >= 0.3 is 0 Å². The lowest BCUT2D eigenvalue weighted by Crippen LogP contribution is -2.61. The van der Waals surface area contributed by atoms with Crippen molar-refractivity contribution in [1.82, 2.24) is 29.7 Å². The Bertz CT molecular complexity index is 1630. The number of imidazole rings is 1. The van der Waals surface area contributed by atoms with E-state index in [9.17, 15) is 14.8 Å². The molecule has 2 N–H and O–H groups in total. The molecule has 1 fully saturated rings. The average Bonchev–Trinajstić information content (AvgIpc) is 3.35. The number of pyridine rings is 2. The molecule has 4 heterocycles. The summed E-state index contributed by atoms with van der Waals surface area (Å²) in [5.74, 6) is -0.331. The van der Waals surface area contributed by atoms with Crippen molar-refractivity contribution in [2.75, 3.05) is 26.2 Å². The van der Waals surface area contributed by atoms with E-state index in [1.165, 1.54) is 12.4 Å². The smallest absolute Gasteiger partial charge is 0.244 e. The Morgan fingerprint density at radius 2 is 1.91 bits per heavy atom. The van der Waals surface area contributed by atoms with Gasteiger partial charge in [0.05, 0.1) is 24.5 Å². The summed E-state index contributed by atoms with van der Waals surface area (Å²) in [4.78, 5) is 40.6. The number of piperazine rings is 1. The second-order valence-corrected chi connectivity index (χ2v) is 12.7. The molecule has 3 aromatic heterocycles. The highest BCUT2D eigenvalue weighted by Gasteiger charge is 2.40. The molecular formula is C32H34BrClN7O3+. The van der Waals surface area contributed by atoms with Gasteiger partial charge in [0, 0.05) is 84.1 Å². The van der Waals surface area contributed by atoms with Crippen LogP contribution in [0, 0.1) is 0 Å². The molecule has 0 saturated carbocycles. The van der Waals surface area contributed by atoms with E-state index in [-0.39, 0.29) is 24.3 Å². The maximum Gasteiger partial charge on any atom is 0.244 e. The minimum Gasteiger partial charge on any atom is -0.354 e. The van der Waals surface area contributed by atoms with Crippen LogP contribution in [-0.2, 0) is 42.3 Å². The number of hydrogen-bond donors (Lipinski definition) is 2. The number of benzene rings is 1. The summed E-state index contributed by atoms with van der Waals surface area (Å²) in [5.41, 5.74) is 6.17. The van der Waals surface area contributed by atoms with Crippen LogP contribution in [0.15, 0.2) is 72.0 Å². The Kier molecular flexibility index (Phi) is 8.97. The van der Waals surface area contributed by atoms with Gasteiger partial charge in [0.2, 0.25) is 24.2 Å². The van der Waals surface area contributed by atoms with Gasteiger partial charge in [-0.2, -0.15) is 0 Å². The van der Waals surface area contributed by atoms with Crippen LogP contribution in [0.3, 0.4) is 0 Å². The quantitative estimate of drug-likeness (QED) is 0.230. The number of rotatable bonds is 7. The minimum absolute atomic E-state index is 0.128. The highest BCUT2D eigenvalue weighted by Crippen LogP contribution is 2.38. The maximum absolute atomic E-state index is 13.9. The molecular weight excluding hydrogens is 646 g/mol. The molecule has 2 aliphatic rings. The fourth-order valence-corrected chi connectivity index (χ4v) is 6.82. The lowest BCUT2D eigenvalue weighted by atomic mass is 9.95. The van der Waals surface area contributed by atoms with Crippen molar-refractivity contribution in [3.05, 3.63) is 111 Å². The van der Waals surface area contributed by atoms with Crippen molar-refractivity contribution in [3.8, 4) is 0 Å². The number of aromatic nitrogens is 4. The van der Waals surface area contributed by atoms with Gasteiger partial charge in [0.25, 0.3) is 0 Å². The van der Waals surface area contributed by atoms with E-state index in [1.807, 2.05) is 29.9 Å². The highest BCUT2D eigenvalue weighted by molar-refractivity contribution is 9.10. The molecule has 0 bridgehead atoms. The molecule has 1 aliphatic carbocycles. The number of carbonyl (C=O) groups is 2. The minimum atomic E-state index is -0.702. The topological polar surface area (TPSA) is 107 Å². The molecule has 12 heteroatoms. The molecule has 44 heavy (non-hydrogen) atoms. The molecule has 6 rings (SSSR count). The number of amides is 2. The zero-order valence-electron chi connectivity index (χ0n) is 24.4. The lowest BCUT2D eigenvalue weighted by Gasteiger charge is -2.44. The van der Waals surface area contributed by atoms with E-state index in [2.05, 4.69) is 43.3 Å². The normalized spacial score (nSPS) is 18.3. The largest absolute Gasteiger partial charge is 0.354 e. The van der Waals surface area contributed by atoms with Crippen LogP contribution in [0.4, 0.5) is 0 Å². The van der Waals surface area contributed by atoms with Crippen molar-refractivity contribution in [2.24, 2.45) is 7.05 Å². The van der Waals surface area contributed by atoms with Gasteiger partial charge in [-0.25, -0.2) is 4.98 Å². The molecule has 1 aromatic carbocycles. The zero-order valence-corrected chi connectivity index (χ0v) is 26.7. The van der Waals surface area contributed by atoms with Gasteiger partial charge in [-0.3, -0.25) is 24.7 Å². The third kappa shape index (κ3) is 6.50. The van der Waals surface area contributed by atoms with Gasteiger partial charge in [-0.1, -0.05) is 17.7 Å². The fraction of sp³-hybridized carbons (Fsp3) is 0.344. The van der Waals surface area contributed by atoms with E-state index in [1.54, 1.807) is 29.6 Å². The first-order valence-corrected chi connectivity index (χ1v) is 15.8. The summed E-state index contributed by atoms with van der Waals surface area (Å²) < 4.78 is 3.79. The van der Waals surface area contributed by atoms with Gasteiger partial charge in [-0.05, 0) is 69.2 Å². The molecule has 1 aliphatic heterocycles. The van der Waals surface area contributed by atoms with Crippen molar-refractivity contribution in [2.45, 2.75) is 37.8 Å². The third-order valence-electron chi connectivity index (χ3n) is 8.53. The zero-order chi connectivity index (χ0) is 30.8. The Morgan fingerprint density at radius 1 is 1.11 bits per heavy atom. The fourth-order valence-electron chi connectivity index (χ4n) is 6.24. The monoisotopic (exact) mass is 678 g/mol. The lowest BCUT2D eigenvalue weighted by molar-refractivity contribution is -0.904. The average molecular weight is 680 g/mol. The standard InChI is InChI=1S/C32H33BrClN7O3/c1-38-20-35-18-26(38)6-9-36-32(43)28-19-39(12-13-41(28)29(42)14-21-7-10-40(44)11-8-21)31-27-5-4-25(34)16-22(27)2-3-23-15-24(33)17-37-30(23)31/h4-5,7-8,10-11,15-18,20,28,31H,2-3,6,9,12-14,19H2,1H3,(H-,36,43,44)/p+1/t28-,31?/m1/s1. The van der Waals surface area contributed by atoms with Crippen molar-refractivity contribution < 1.29 is 19.5 Å². The van der Waals surface area contributed by atoms with E-state index >= 15 is 0 Å². The van der Waals surface area contributed by atoms with Crippen molar-refractivity contribution in [1.29, 1.82) is 0 Å². The van der Waals surface area contributed by atoms with Crippen LogP contribution in [0.2, 0.25) is 5.02 Å². The predicted octanol–water partition coefficient (Wildman–Crippen LogP) is 3.06. The summed E-state index contributed by atoms with van der Waals surface area (Å²) in [6.45, 7) is 1.73. The van der Waals surface area contributed by atoms with Gasteiger partial charge < -0.3 is 14.8 Å². The molecule has 2 atom stereocenters. The van der Waals surface area contributed by atoms with Crippen molar-refractivity contribution in [3.63, 3.8) is 0 Å². The van der Waals surface area contributed by atoms with Crippen LogP contribution >= 0.6 is 27.5 Å². The Balaban J connectivity index is 1.30. The molecule has 1 unspecified atom stereocenters. The van der Waals surface area contributed by atoms with Crippen LogP contribution < -0.4 is 10.0 Å². The van der Waals surface area contributed by atoms with Crippen LogP contribution in [0.25, 0.3) is 0 Å². The van der Waals surface area contributed by atoms with E-state index in [0.29, 0.717) is 37.6 Å². The molecule has 228 valence electrons. The Labute approximate surface area is 269 Å². The number of halogens is 2. The summed E-state index contributed by atoms with van der Waals surface area (Å²) in [6.07, 6.45) is 10.7. The summed E-state index contributed by atoms with van der Waals surface area (Å²) in [6, 6.07) is 10.7. The predicted molar refractivity (Wildman–Crippen MR) is 167 cm³/mol. The Hall–Kier alpha value is -3.80. The number of nitrogens with zero attached hydrogens (tertiary/aromatic N) is 6. The number of hydrogen-bond acceptors (Lipinski definition) is 6. The molecule has 1 saturated heterocycles. The summed E-state index contributed by atoms with van der Waals surface area (Å²) in [5, 5.41) is 13.4. The third-order valence-corrected chi connectivity index (χ3v) is 9.19. The first-order chi connectivity index (χ1) is 21.3. The highest BCUT2D eigenvalue weighted by atomic mass is 79.9. The second-order valence-electron chi connectivity index (χ2n) is 11.3. The van der Waals surface area contributed by atoms with Gasteiger partial charge in [-0.15, -0.1) is 0 Å². The van der Waals surface area contributed by atoms with Crippen LogP contribution in [0.1, 0.15) is 39.7 Å². The van der Waals surface area contributed by atoms with Crippen LogP contribution in [-0.4, -0.2) is 73.6 Å². The van der Waals surface area contributed by atoms with E-state index in [0.717, 1.165) is 55.7 Å². The molecule has 10 nitrogen and oxygen atoms in total. The molecule has 0 radical (unpaired) electrons. The van der Waals surface area contributed by atoms with Crippen LogP contribution in [0.5, 0.6) is 0 Å². The summed E-state index contributed by atoms with van der Waals surface area (Å²) >= 11 is 10.0. The molecule has 0 spiro atoms.